The molecular formula is C17H18BrNOS. The van der Waals surface area contributed by atoms with Gasteiger partial charge in [0.1, 0.15) is 17.3 Å². The highest BCUT2D eigenvalue weighted by Gasteiger charge is 2.09. The van der Waals surface area contributed by atoms with Crippen LogP contribution < -0.4 is 10.5 Å². The molecule has 0 bridgehead atoms. The van der Waals surface area contributed by atoms with Gasteiger partial charge in [0.15, 0.2) is 0 Å². The van der Waals surface area contributed by atoms with E-state index >= 15 is 0 Å². The summed E-state index contributed by atoms with van der Waals surface area (Å²) in [6.07, 6.45) is 0. The van der Waals surface area contributed by atoms with Crippen LogP contribution in [-0.2, 0) is 6.61 Å². The number of nitrogens with two attached hydrogens (primary N) is 1. The number of rotatable bonds is 5. The molecule has 0 radical (unpaired) electrons. The minimum Gasteiger partial charge on any atom is -0.489 e. The van der Waals surface area contributed by atoms with Crippen molar-refractivity contribution >= 4 is 33.1 Å². The van der Waals surface area contributed by atoms with Gasteiger partial charge in [-0.05, 0) is 41.3 Å². The topological polar surface area (TPSA) is 35.2 Å². The standard InChI is InChI=1S/C17H18BrNOS/c1-11(2)15-9-14(18)6-7-16(15)20-10-12-4-3-5-13(8-12)17(19)21/h3-9,11H,10H2,1-2H3,(H2,19,21). The van der Waals surface area contributed by atoms with Gasteiger partial charge in [-0.15, -0.1) is 0 Å². The minimum atomic E-state index is 0.403. The molecule has 0 aliphatic heterocycles. The number of halogens is 1. The molecule has 0 heterocycles. The van der Waals surface area contributed by atoms with Crippen molar-refractivity contribution in [3.63, 3.8) is 0 Å². The second kappa shape index (κ2) is 7.05. The average molecular weight is 364 g/mol. The van der Waals surface area contributed by atoms with E-state index in [4.69, 9.17) is 22.7 Å². The Kier molecular flexibility index (Phi) is 5.37. The molecule has 2 rings (SSSR count). The number of benzene rings is 2. The molecule has 0 aliphatic rings. The van der Waals surface area contributed by atoms with Gasteiger partial charge in [0, 0.05) is 10.0 Å². The highest BCUT2D eigenvalue weighted by atomic mass is 79.9. The predicted molar refractivity (Wildman–Crippen MR) is 94.9 cm³/mol. The first kappa shape index (κ1) is 16.0. The molecule has 0 amide bonds. The molecule has 0 spiro atoms. The Hall–Kier alpha value is -1.39. The summed E-state index contributed by atoms with van der Waals surface area (Å²) < 4.78 is 7.03. The van der Waals surface area contributed by atoms with Gasteiger partial charge in [-0.1, -0.05) is 60.2 Å². The quantitative estimate of drug-likeness (QED) is 0.775. The van der Waals surface area contributed by atoms with E-state index in [0.29, 0.717) is 17.5 Å². The van der Waals surface area contributed by atoms with Gasteiger partial charge in [-0.3, -0.25) is 0 Å². The van der Waals surface area contributed by atoms with Crippen molar-refractivity contribution < 1.29 is 4.74 Å². The third-order valence-electron chi connectivity index (χ3n) is 3.20. The summed E-state index contributed by atoms with van der Waals surface area (Å²) in [5.41, 5.74) is 8.77. The molecule has 0 aliphatic carbocycles. The van der Waals surface area contributed by atoms with Gasteiger partial charge >= 0.3 is 0 Å². The Morgan fingerprint density at radius 3 is 2.67 bits per heavy atom. The zero-order valence-corrected chi connectivity index (χ0v) is 14.5. The summed E-state index contributed by atoms with van der Waals surface area (Å²) in [6.45, 7) is 4.81. The summed E-state index contributed by atoms with van der Waals surface area (Å²) in [5, 5.41) is 0. The van der Waals surface area contributed by atoms with E-state index in [-0.39, 0.29) is 0 Å². The van der Waals surface area contributed by atoms with Gasteiger partial charge in [0.05, 0.1) is 0 Å². The van der Waals surface area contributed by atoms with E-state index in [1.165, 1.54) is 5.56 Å². The predicted octanol–water partition coefficient (Wildman–Crippen LogP) is 4.79. The largest absolute Gasteiger partial charge is 0.489 e. The van der Waals surface area contributed by atoms with Crippen LogP contribution in [0.5, 0.6) is 5.75 Å². The van der Waals surface area contributed by atoms with E-state index in [1.54, 1.807) is 0 Å². The van der Waals surface area contributed by atoms with E-state index in [2.05, 4.69) is 35.8 Å². The van der Waals surface area contributed by atoms with Crippen LogP contribution in [0.2, 0.25) is 0 Å². The molecule has 2 aromatic rings. The number of thiocarbonyl (C=S) groups is 1. The third kappa shape index (κ3) is 4.29. The molecule has 2 aromatic carbocycles. The summed E-state index contributed by atoms with van der Waals surface area (Å²) >= 11 is 8.50. The second-order valence-corrected chi connectivity index (χ2v) is 6.55. The number of hydrogen-bond acceptors (Lipinski definition) is 2. The molecule has 21 heavy (non-hydrogen) atoms. The maximum Gasteiger partial charge on any atom is 0.123 e. The Morgan fingerprint density at radius 2 is 2.00 bits per heavy atom. The molecule has 0 saturated heterocycles. The molecule has 0 unspecified atom stereocenters. The maximum atomic E-state index is 5.97. The lowest BCUT2D eigenvalue weighted by molar-refractivity contribution is 0.301. The summed E-state index contributed by atoms with van der Waals surface area (Å²) in [6, 6.07) is 13.9. The summed E-state index contributed by atoms with van der Waals surface area (Å²) in [7, 11) is 0. The van der Waals surface area contributed by atoms with Crippen molar-refractivity contribution in [2.24, 2.45) is 5.73 Å². The van der Waals surface area contributed by atoms with E-state index in [9.17, 15) is 0 Å². The highest BCUT2D eigenvalue weighted by Crippen LogP contribution is 2.30. The minimum absolute atomic E-state index is 0.403. The van der Waals surface area contributed by atoms with Crippen molar-refractivity contribution in [1.29, 1.82) is 0 Å². The number of ether oxygens (including phenoxy) is 1. The van der Waals surface area contributed by atoms with Crippen molar-refractivity contribution in [3.05, 3.63) is 63.6 Å². The van der Waals surface area contributed by atoms with Gasteiger partial charge in [-0.25, -0.2) is 0 Å². The van der Waals surface area contributed by atoms with Crippen molar-refractivity contribution in [1.82, 2.24) is 0 Å². The molecule has 0 saturated carbocycles. The van der Waals surface area contributed by atoms with Crippen LogP contribution >= 0.6 is 28.1 Å². The average Bonchev–Trinajstić information content (AvgIpc) is 2.46. The molecular weight excluding hydrogens is 346 g/mol. The lowest BCUT2D eigenvalue weighted by Crippen LogP contribution is -2.10. The van der Waals surface area contributed by atoms with Crippen LogP contribution in [0.15, 0.2) is 46.9 Å². The van der Waals surface area contributed by atoms with Crippen LogP contribution in [0.4, 0.5) is 0 Å². The van der Waals surface area contributed by atoms with E-state index < -0.39 is 0 Å². The summed E-state index contributed by atoms with van der Waals surface area (Å²) in [4.78, 5) is 0.406. The number of hydrogen-bond donors (Lipinski definition) is 1. The van der Waals surface area contributed by atoms with E-state index in [1.807, 2.05) is 36.4 Å². The Labute approximate surface area is 139 Å². The van der Waals surface area contributed by atoms with Crippen LogP contribution in [0.1, 0.15) is 36.5 Å². The fourth-order valence-corrected chi connectivity index (χ4v) is 2.58. The normalized spacial score (nSPS) is 10.7. The fraction of sp³-hybridized carbons (Fsp3) is 0.235. The smallest absolute Gasteiger partial charge is 0.123 e. The zero-order chi connectivity index (χ0) is 15.4. The van der Waals surface area contributed by atoms with Crippen molar-refractivity contribution in [2.75, 3.05) is 0 Å². The Morgan fingerprint density at radius 1 is 1.24 bits per heavy atom. The molecule has 0 fully saturated rings. The second-order valence-electron chi connectivity index (χ2n) is 5.19. The molecule has 2 N–H and O–H groups in total. The van der Waals surface area contributed by atoms with Crippen LogP contribution in [0.3, 0.4) is 0 Å². The van der Waals surface area contributed by atoms with Crippen molar-refractivity contribution in [3.8, 4) is 5.75 Å². The van der Waals surface area contributed by atoms with Crippen LogP contribution in [0.25, 0.3) is 0 Å². The third-order valence-corrected chi connectivity index (χ3v) is 3.93. The maximum absolute atomic E-state index is 5.97. The lowest BCUT2D eigenvalue weighted by Gasteiger charge is -2.15. The van der Waals surface area contributed by atoms with Gasteiger partial charge in [0.25, 0.3) is 0 Å². The van der Waals surface area contributed by atoms with Crippen molar-refractivity contribution in [2.45, 2.75) is 26.4 Å². The first-order chi connectivity index (χ1) is 9.97. The van der Waals surface area contributed by atoms with Gasteiger partial charge in [-0.2, -0.15) is 0 Å². The first-order valence-corrected chi connectivity index (χ1v) is 7.98. The molecule has 4 heteroatoms. The molecule has 110 valence electrons. The highest BCUT2D eigenvalue weighted by molar-refractivity contribution is 9.10. The SMILES string of the molecule is CC(C)c1cc(Br)ccc1OCc1cccc(C(N)=S)c1. The van der Waals surface area contributed by atoms with Crippen LogP contribution in [0, 0.1) is 0 Å². The zero-order valence-electron chi connectivity index (χ0n) is 12.1. The van der Waals surface area contributed by atoms with Gasteiger partial charge in [0.2, 0.25) is 0 Å². The monoisotopic (exact) mass is 363 g/mol. The first-order valence-electron chi connectivity index (χ1n) is 6.78. The van der Waals surface area contributed by atoms with E-state index in [0.717, 1.165) is 21.3 Å². The molecule has 2 nitrogen and oxygen atoms in total. The van der Waals surface area contributed by atoms with Gasteiger partial charge < -0.3 is 10.5 Å². The Balaban J connectivity index is 2.16. The van der Waals surface area contributed by atoms with Crippen LogP contribution in [-0.4, -0.2) is 4.99 Å². The lowest BCUT2D eigenvalue weighted by atomic mass is 10.0. The molecule has 0 aromatic heterocycles. The fourth-order valence-electron chi connectivity index (χ4n) is 2.08. The molecule has 0 atom stereocenters. The summed E-state index contributed by atoms with van der Waals surface area (Å²) in [5.74, 6) is 1.31. The Bertz CT molecular complexity index is 655.